The van der Waals surface area contributed by atoms with Crippen LogP contribution in [-0.4, -0.2) is 11.2 Å². The molecule has 0 bridgehead atoms. The lowest BCUT2D eigenvalue weighted by Gasteiger charge is -2.16. The van der Waals surface area contributed by atoms with Gasteiger partial charge in [-0.05, 0) is 17.9 Å². The molecule has 0 unspecified atom stereocenters. The van der Waals surface area contributed by atoms with Crippen LogP contribution >= 0.6 is 0 Å². The number of nitrogens with zero attached hydrogens (tertiary/aromatic N) is 1. The molecule has 2 heteroatoms. The van der Waals surface area contributed by atoms with Gasteiger partial charge >= 0.3 is 0 Å². The number of rotatable bonds is 1. The lowest BCUT2D eigenvalue weighted by Crippen LogP contribution is -2.28. The predicted octanol–water partition coefficient (Wildman–Crippen LogP) is 1.55. The lowest BCUT2D eigenvalue weighted by atomic mass is 9.88. The molecule has 0 saturated carbocycles. The van der Waals surface area contributed by atoms with Gasteiger partial charge in [0.15, 0.2) is 0 Å². The highest BCUT2D eigenvalue weighted by Crippen LogP contribution is 2.16. The third-order valence-corrected chi connectivity index (χ3v) is 2.17. The topological polar surface area (TPSA) is 28.1 Å². The van der Waals surface area contributed by atoms with Crippen molar-refractivity contribution in [2.75, 3.05) is 0 Å². The maximum absolute atomic E-state index is 4.14. The van der Waals surface area contributed by atoms with Crippen LogP contribution in [0.1, 0.15) is 33.3 Å². The highest BCUT2D eigenvalue weighted by atomic mass is 14.7. The zero-order valence-corrected chi connectivity index (χ0v) is 9.39. The molecule has 0 saturated heterocycles. The number of aliphatic imine (C=N–C) groups is 1. The van der Waals surface area contributed by atoms with Crippen molar-refractivity contribution in [3.63, 3.8) is 0 Å². The van der Waals surface area contributed by atoms with E-state index >= 15 is 0 Å². The van der Waals surface area contributed by atoms with E-state index < -0.39 is 0 Å². The molecule has 0 fully saturated rings. The van der Waals surface area contributed by atoms with Gasteiger partial charge in [0.1, 0.15) is 0 Å². The highest BCUT2D eigenvalue weighted by molar-refractivity contribution is 5.58. The standard InChI is InChI=1S/C12H18N2/c1-6-13-7-10-9(2)14-8-11(10)12(3,4)5/h6-8,14H,2H2,1,3-5H3/b10-7+,13-6-. The number of nitrogens with one attached hydrogen (secondary N) is 1. The monoisotopic (exact) mass is 190 g/mol. The van der Waals surface area contributed by atoms with Crippen molar-refractivity contribution >= 4 is 19.0 Å². The molecule has 1 rings (SSSR count). The molecule has 0 radical (unpaired) electrons. The number of H-pyrrole nitrogens is 1. The van der Waals surface area contributed by atoms with Gasteiger partial charge in [0.2, 0.25) is 0 Å². The average molecular weight is 190 g/mol. The van der Waals surface area contributed by atoms with Crippen LogP contribution in [-0.2, 0) is 5.41 Å². The molecule has 0 aromatic carbocycles. The quantitative estimate of drug-likeness (QED) is 0.651. The van der Waals surface area contributed by atoms with E-state index in [1.54, 1.807) is 6.21 Å². The van der Waals surface area contributed by atoms with Gasteiger partial charge in [-0.25, -0.2) is 0 Å². The van der Waals surface area contributed by atoms with E-state index in [1.807, 2.05) is 19.3 Å². The molecule has 14 heavy (non-hydrogen) atoms. The summed E-state index contributed by atoms with van der Waals surface area (Å²) in [5.41, 5.74) is 1.38. The third kappa shape index (κ3) is 2.13. The summed E-state index contributed by atoms with van der Waals surface area (Å²) >= 11 is 0. The Morgan fingerprint density at radius 3 is 2.57 bits per heavy atom. The van der Waals surface area contributed by atoms with E-state index in [-0.39, 0.29) is 5.41 Å². The van der Waals surface area contributed by atoms with Crippen molar-refractivity contribution in [3.05, 3.63) is 22.3 Å². The van der Waals surface area contributed by atoms with Crippen molar-refractivity contribution in [1.82, 2.24) is 4.98 Å². The maximum Gasteiger partial charge on any atom is 0.0399 e. The SMILES string of the molecule is C=c1[nH]cc(C(C)(C)C)/c1=C/N=C\C. The van der Waals surface area contributed by atoms with Crippen LogP contribution in [0.2, 0.25) is 0 Å². The van der Waals surface area contributed by atoms with Gasteiger partial charge in [0.25, 0.3) is 0 Å². The summed E-state index contributed by atoms with van der Waals surface area (Å²) < 4.78 is 0. The Balaban J connectivity index is 3.42. The van der Waals surface area contributed by atoms with Crippen molar-refractivity contribution in [1.29, 1.82) is 0 Å². The summed E-state index contributed by atoms with van der Waals surface area (Å²) in [4.78, 5) is 7.28. The molecule has 76 valence electrons. The number of aromatic amines is 1. The Morgan fingerprint density at radius 2 is 2.07 bits per heavy atom. The molecule has 1 heterocycles. The minimum Gasteiger partial charge on any atom is -0.361 e. The van der Waals surface area contributed by atoms with Gasteiger partial charge < -0.3 is 4.98 Å². The Bertz CT molecular complexity index is 430. The van der Waals surface area contributed by atoms with E-state index in [4.69, 9.17) is 0 Å². The van der Waals surface area contributed by atoms with Gasteiger partial charge in [-0.1, -0.05) is 27.4 Å². The fourth-order valence-electron chi connectivity index (χ4n) is 1.39. The van der Waals surface area contributed by atoms with Gasteiger partial charge in [0, 0.05) is 29.2 Å². The van der Waals surface area contributed by atoms with E-state index in [9.17, 15) is 0 Å². The molecule has 0 atom stereocenters. The summed E-state index contributed by atoms with van der Waals surface area (Å²) in [7, 11) is 0. The first kappa shape index (κ1) is 10.8. The number of hydrogen-bond acceptors (Lipinski definition) is 1. The molecule has 0 aliphatic carbocycles. The molecule has 2 nitrogen and oxygen atoms in total. The van der Waals surface area contributed by atoms with E-state index in [2.05, 4.69) is 37.3 Å². The van der Waals surface area contributed by atoms with Crippen molar-refractivity contribution < 1.29 is 0 Å². The molecular formula is C12H18N2. The smallest absolute Gasteiger partial charge is 0.0399 e. The molecule has 1 aromatic rings. The maximum atomic E-state index is 4.14. The van der Waals surface area contributed by atoms with Crippen molar-refractivity contribution in [2.45, 2.75) is 33.1 Å². The zero-order chi connectivity index (χ0) is 10.8. The summed E-state index contributed by atoms with van der Waals surface area (Å²) in [6, 6.07) is 0. The van der Waals surface area contributed by atoms with Crippen LogP contribution in [0.15, 0.2) is 11.2 Å². The van der Waals surface area contributed by atoms with Gasteiger partial charge in [-0.15, -0.1) is 0 Å². The Labute approximate surface area is 85.1 Å². The molecule has 0 spiro atoms. The van der Waals surface area contributed by atoms with Gasteiger partial charge in [-0.2, -0.15) is 0 Å². The second-order valence-corrected chi connectivity index (χ2v) is 4.38. The third-order valence-electron chi connectivity index (χ3n) is 2.17. The van der Waals surface area contributed by atoms with Crippen LogP contribution in [0.25, 0.3) is 12.8 Å². The molecule has 1 aromatic heterocycles. The fourth-order valence-corrected chi connectivity index (χ4v) is 1.39. The van der Waals surface area contributed by atoms with Crippen LogP contribution < -0.4 is 10.6 Å². The molecule has 1 N–H and O–H groups in total. The first-order valence-corrected chi connectivity index (χ1v) is 4.81. The summed E-state index contributed by atoms with van der Waals surface area (Å²) in [5.74, 6) is 0. The second kappa shape index (κ2) is 3.82. The number of hydrogen-bond donors (Lipinski definition) is 1. The van der Waals surface area contributed by atoms with Crippen LogP contribution in [0, 0.1) is 0 Å². The average Bonchev–Trinajstić information content (AvgIpc) is 2.42. The molecular weight excluding hydrogens is 172 g/mol. The van der Waals surface area contributed by atoms with E-state index in [1.165, 1.54) is 5.56 Å². The lowest BCUT2D eigenvalue weighted by molar-refractivity contribution is 0.587. The zero-order valence-electron chi connectivity index (χ0n) is 9.39. The highest BCUT2D eigenvalue weighted by Gasteiger charge is 2.15. The van der Waals surface area contributed by atoms with E-state index in [0.717, 1.165) is 10.6 Å². The van der Waals surface area contributed by atoms with Crippen LogP contribution in [0.5, 0.6) is 0 Å². The Hall–Kier alpha value is -1.31. The van der Waals surface area contributed by atoms with Crippen molar-refractivity contribution in [3.8, 4) is 0 Å². The van der Waals surface area contributed by atoms with Crippen molar-refractivity contribution in [2.24, 2.45) is 4.99 Å². The minimum atomic E-state index is 0.127. The fraction of sp³-hybridized carbons (Fsp3) is 0.417. The largest absolute Gasteiger partial charge is 0.361 e. The number of aromatic nitrogens is 1. The second-order valence-electron chi connectivity index (χ2n) is 4.38. The predicted molar refractivity (Wildman–Crippen MR) is 62.9 cm³/mol. The van der Waals surface area contributed by atoms with Gasteiger partial charge in [0.05, 0.1) is 0 Å². The Morgan fingerprint density at radius 1 is 1.43 bits per heavy atom. The van der Waals surface area contributed by atoms with Crippen LogP contribution in [0.4, 0.5) is 0 Å². The Kier molecular flexibility index (Phi) is 2.94. The first-order valence-electron chi connectivity index (χ1n) is 4.81. The van der Waals surface area contributed by atoms with E-state index in [0.29, 0.717) is 0 Å². The van der Waals surface area contributed by atoms with Gasteiger partial charge in [-0.3, -0.25) is 4.99 Å². The minimum absolute atomic E-state index is 0.127. The van der Waals surface area contributed by atoms with Crippen LogP contribution in [0.3, 0.4) is 0 Å². The summed E-state index contributed by atoms with van der Waals surface area (Å²) in [5, 5.41) is 2.04. The summed E-state index contributed by atoms with van der Waals surface area (Å²) in [6.07, 6.45) is 5.65. The molecule has 0 aliphatic rings. The normalized spacial score (nSPS) is 14.1. The molecule has 0 amide bonds. The summed E-state index contributed by atoms with van der Waals surface area (Å²) in [6.45, 7) is 12.4. The molecule has 0 aliphatic heterocycles. The first-order chi connectivity index (χ1) is 6.46.